The van der Waals surface area contributed by atoms with Gasteiger partial charge in [0.15, 0.2) is 0 Å². The fraction of sp³-hybridized carbons (Fsp3) is 0.375. The molecule has 0 bridgehead atoms. The molecule has 1 aromatic carbocycles. The van der Waals surface area contributed by atoms with Crippen molar-refractivity contribution >= 4 is 22.6 Å². The van der Waals surface area contributed by atoms with Crippen LogP contribution in [0.1, 0.15) is 16.8 Å². The molecule has 0 aliphatic carbocycles. The maximum Gasteiger partial charge on any atom is 0.338 e. The Bertz CT molecular complexity index is 717. The molecule has 1 aromatic heterocycles. The molecule has 108 valence electrons. The van der Waals surface area contributed by atoms with Crippen LogP contribution >= 0.6 is 0 Å². The fourth-order valence-electron chi connectivity index (χ4n) is 3.09. The van der Waals surface area contributed by atoms with Gasteiger partial charge in [0.2, 0.25) is 0 Å². The molecule has 4 rings (SSSR count). The summed E-state index contributed by atoms with van der Waals surface area (Å²) in [4.78, 5) is 18.4. The van der Waals surface area contributed by atoms with Gasteiger partial charge < -0.3 is 14.4 Å². The van der Waals surface area contributed by atoms with Crippen LogP contribution in [-0.4, -0.2) is 43.4 Å². The summed E-state index contributed by atoms with van der Waals surface area (Å²) in [5, 5.41) is 0.831. The molecule has 0 radical (unpaired) electrons. The van der Waals surface area contributed by atoms with Gasteiger partial charge >= 0.3 is 5.97 Å². The second kappa shape index (κ2) is 4.43. The van der Waals surface area contributed by atoms with E-state index < -0.39 is 0 Å². The molecule has 2 aliphatic rings. The Morgan fingerprint density at radius 1 is 1.38 bits per heavy atom. The lowest BCUT2D eigenvalue weighted by atomic mass is 9.85. The lowest BCUT2D eigenvalue weighted by Gasteiger charge is -2.56. The third-order valence-corrected chi connectivity index (χ3v) is 4.42. The average molecular weight is 284 g/mol. The van der Waals surface area contributed by atoms with Crippen LogP contribution in [0.4, 0.5) is 5.69 Å². The molecule has 2 fully saturated rings. The molecule has 0 N–H and O–H groups in total. The molecule has 2 aliphatic heterocycles. The summed E-state index contributed by atoms with van der Waals surface area (Å²) in [5.41, 5.74) is 2.55. The summed E-state index contributed by atoms with van der Waals surface area (Å²) in [6.45, 7) is 2.72. The van der Waals surface area contributed by atoms with Crippen LogP contribution in [0.25, 0.3) is 10.9 Å². The predicted octanol–water partition coefficient (Wildman–Crippen LogP) is 2.00. The van der Waals surface area contributed by atoms with Gasteiger partial charge in [0, 0.05) is 36.8 Å². The highest BCUT2D eigenvalue weighted by Crippen LogP contribution is 2.39. The Morgan fingerprint density at radius 3 is 2.86 bits per heavy atom. The van der Waals surface area contributed by atoms with Crippen LogP contribution < -0.4 is 4.90 Å². The first-order chi connectivity index (χ1) is 10.2. The zero-order valence-corrected chi connectivity index (χ0v) is 11.8. The number of carbonyl (C=O) groups excluding carboxylic acids is 1. The number of carbonyl (C=O) groups is 1. The van der Waals surface area contributed by atoms with E-state index in [4.69, 9.17) is 9.47 Å². The van der Waals surface area contributed by atoms with Crippen LogP contribution in [0.5, 0.6) is 0 Å². The maximum absolute atomic E-state index is 11.9. The number of rotatable bonds is 2. The Morgan fingerprint density at radius 2 is 2.19 bits per heavy atom. The van der Waals surface area contributed by atoms with Gasteiger partial charge in [0.05, 0.1) is 24.8 Å². The van der Waals surface area contributed by atoms with E-state index in [1.165, 1.54) is 7.11 Å². The van der Waals surface area contributed by atoms with Gasteiger partial charge in [0.1, 0.15) is 5.60 Å². The molecule has 2 aromatic rings. The number of hydrogen-bond acceptors (Lipinski definition) is 5. The number of hydrogen-bond donors (Lipinski definition) is 0. The molecule has 3 heterocycles. The molecule has 0 unspecified atom stereocenters. The van der Waals surface area contributed by atoms with Gasteiger partial charge in [-0.3, -0.25) is 4.98 Å². The Hall–Kier alpha value is -2.14. The SMILES string of the molecule is COC(=O)c1ccnc2ccc(N3CC4(CCO4)C3)cc12. The van der Waals surface area contributed by atoms with E-state index in [2.05, 4.69) is 9.88 Å². The first kappa shape index (κ1) is 12.6. The molecule has 5 heteroatoms. The van der Waals surface area contributed by atoms with E-state index in [9.17, 15) is 4.79 Å². The first-order valence-electron chi connectivity index (χ1n) is 7.07. The zero-order chi connectivity index (χ0) is 14.4. The number of aromatic nitrogens is 1. The van der Waals surface area contributed by atoms with E-state index in [0.29, 0.717) is 5.56 Å². The van der Waals surface area contributed by atoms with Crippen molar-refractivity contribution in [2.24, 2.45) is 0 Å². The monoisotopic (exact) mass is 284 g/mol. The van der Waals surface area contributed by atoms with E-state index in [0.717, 1.165) is 42.7 Å². The minimum Gasteiger partial charge on any atom is -0.465 e. The molecule has 21 heavy (non-hydrogen) atoms. The summed E-state index contributed by atoms with van der Waals surface area (Å²) >= 11 is 0. The molecule has 5 nitrogen and oxygen atoms in total. The average Bonchev–Trinajstić information content (AvgIpc) is 2.43. The van der Waals surface area contributed by atoms with E-state index in [-0.39, 0.29) is 11.6 Å². The van der Waals surface area contributed by atoms with Crippen LogP contribution in [0.15, 0.2) is 30.5 Å². The van der Waals surface area contributed by atoms with Crippen molar-refractivity contribution < 1.29 is 14.3 Å². The highest BCUT2D eigenvalue weighted by atomic mass is 16.5. The smallest absolute Gasteiger partial charge is 0.338 e. The standard InChI is InChI=1S/C16H16N2O3/c1-20-15(19)12-4-6-17-14-3-2-11(8-13(12)14)18-9-16(10-18)5-7-21-16/h2-4,6,8H,5,7,9-10H2,1H3. The summed E-state index contributed by atoms with van der Waals surface area (Å²) in [6.07, 6.45) is 2.78. The number of ether oxygens (including phenoxy) is 2. The largest absolute Gasteiger partial charge is 0.465 e. The van der Waals surface area contributed by atoms with Crippen molar-refractivity contribution in [2.45, 2.75) is 12.0 Å². The van der Waals surface area contributed by atoms with Gasteiger partial charge in [-0.25, -0.2) is 4.79 Å². The number of methoxy groups -OCH3 is 1. The molecule has 2 saturated heterocycles. The van der Waals surface area contributed by atoms with Gasteiger partial charge in [-0.15, -0.1) is 0 Å². The quantitative estimate of drug-likeness (QED) is 0.790. The number of esters is 1. The van der Waals surface area contributed by atoms with Crippen molar-refractivity contribution in [1.29, 1.82) is 0 Å². The van der Waals surface area contributed by atoms with Crippen LogP contribution in [0.2, 0.25) is 0 Å². The lowest BCUT2D eigenvalue weighted by molar-refractivity contribution is -0.160. The van der Waals surface area contributed by atoms with Gasteiger partial charge in [-0.2, -0.15) is 0 Å². The molecule has 0 amide bonds. The molecule has 0 atom stereocenters. The second-order valence-corrected chi connectivity index (χ2v) is 5.69. The second-order valence-electron chi connectivity index (χ2n) is 5.69. The van der Waals surface area contributed by atoms with Crippen molar-refractivity contribution in [3.8, 4) is 0 Å². The summed E-state index contributed by atoms with van der Waals surface area (Å²) in [6, 6.07) is 7.70. The van der Waals surface area contributed by atoms with Crippen molar-refractivity contribution in [1.82, 2.24) is 4.98 Å². The number of fused-ring (bicyclic) bond motifs is 1. The number of nitrogens with zero attached hydrogens (tertiary/aromatic N) is 2. The minimum atomic E-state index is -0.332. The third kappa shape index (κ3) is 1.88. The molecular weight excluding hydrogens is 268 g/mol. The Labute approximate surface area is 122 Å². The predicted molar refractivity (Wildman–Crippen MR) is 78.6 cm³/mol. The molecule has 0 saturated carbocycles. The van der Waals surface area contributed by atoms with Gasteiger partial charge in [0.25, 0.3) is 0 Å². The van der Waals surface area contributed by atoms with Crippen molar-refractivity contribution in [3.05, 3.63) is 36.0 Å². The lowest BCUT2D eigenvalue weighted by Crippen LogP contribution is -2.68. The van der Waals surface area contributed by atoms with E-state index in [1.54, 1.807) is 12.3 Å². The number of pyridine rings is 1. The third-order valence-electron chi connectivity index (χ3n) is 4.42. The Kier molecular flexibility index (Phi) is 2.65. The minimum absolute atomic E-state index is 0.0923. The van der Waals surface area contributed by atoms with E-state index in [1.807, 2.05) is 18.2 Å². The van der Waals surface area contributed by atoms with Crippen molar-refractivity contribution in [3.63, 3.8) is 0 Å². The topological polar surface area (TPSA) is 51.7 Å². The Balaban J connectivity index is 1.70. The summed E-state index contributed by atoms with van der Waals surface area (Å²) in [5.74, 6) is -0.332. The summed E-state index contributed by atoms with van der Waals surface area (Å²) < 4.78 is 10.5. The van der Waals surface area contributed by atoms with Gasteiger partial charge in [-0.1, -0.05) is 0 Å². The van der Waals surface area contributed by atoms with Crippen LogP contribution in [0, 0.1) is 0 Å². The van der Waals surface area contributed by atoms with Crippen LogP contribution in [-0.2, 0) is 9.47 Å². The highest BCUT2D eigenvalue weighted by Gasteiger charge is 2.49. The van der Waals surface area contributed by atoms with Crippen LogP contribution in [0.3, 0.4) is 0 Å². The number of benzene rings is 1. The van der Waals surface area contributed by atoms with Crippen molar-refractivity contribution in [2.75, 3.05) is 31.7 Å². The zero-order valence-electron chi connectivity index (χ0n) is 11.8. The normalized spacial score (nSPS) is 19.2. The highest BCUT2D eigenvalue weighted by molar-refractivity contribution is 6.04. The summed E-state index contributed by atoms with van der Waals surface area (Å²) in [7, 11) is 1.39. The van der Waals surface area contributed by atoms with E-state index >= 15 is 0 Å². The molecular formula is C16H16N2O3. The fourth-order valence-corrected chi connectivity index (χ4v) is 3.09. The first-order valence-corrected chi connectivity index (χ1v) is 7.07. The maximum atomic E-state index is 11.9. The number of anilines is 1. The molecule has 1 spiro atoms. The van der Waals surface area contributed by atoms with Gasteiger partial charge in [-0.05, 0) is 24.3 Å².